The van der Waals surface area contributed by atoms with Crippen molar-refractivity contribution in [2.75, 3.05) is 9.03 Å². The first kappa shape index (κ1) is 15.9. The third kappa shape index (κ3) is 2.70. The SMILES string of the molecule is O=S1c2ccccc2SN1c1ccc(NC2(c3ccccn3)CC2)cc1. The Balaban J connectivity index is 1.35. The average molecular weight is 380 g/mol. The largest absolute Gasteiger partial charge is 0.374 e. The van der Waals surface area contributed by atoms with Crippen LogP contribution in [0.15, 0.2) is 82.7 Å². The van der Waals surface area contributed by atoms with Crippen LogP contribution in [0, 0.1) is 0 Å². The van der Waals surface area contributed by atoms with Crippen LogP contribution in [-0.4, -0.2) is 9.19 Å². The molecule has 130 valence electrons. The normalized spacial score (nSPS) is 19.8. The lowest BCUT2D eigenvalue weighted by molar-refractivity contribution is 0.684. The number of rotatable bonds is 4. The zero-order valence-corrected chi connectivity index (χ0v) is 15.6. The summed E-state index contributed by atoms with van der Waals surface area (Å²) >= 11 is 1.53. The minimum absolute atomic E-state index is 0.0375. The highest BCUT2D eigenvalue weighted by Gasteiger charge is 2.45. The van der Waals surface area contributed by atoms with E-state index < -0.39 is 11.0 Å². The molecule has 0 amide bonds. The van der Waals surface area contributed by atoms with E-state index in [0.29, 0.717) is 0 Å². The van der Waals surface area contributed by atoms with E-state index in [9.17, 15) is 4.21 Å². The molecule has 26 heavy (non-hydrogen) atoms. The fraction of sp³-hybridized carbons (Fsp3) is 0.150. The molecule has 1 aliphatic carbocycles. The van der Waals surface area contributed by atoms with Crippen LogP contribution in [0.5, 0.6) is 0 Å². The van der Waals surface area contributed by atoms with Crippen molar-refractivity contribution in [2.24, 2.45) is 0 Å². The van der Waals surface area contributed by atoms with Crippen LogP contribution in [0.3, 0.4) is 0 Å². The second kappa shape index (κ2) is 6.14. The van der Waals surface area contributed by atoms with Crippen molar-refractivity contribution in [1.82, 2.24) is 4.98 Å². The molecule has 6 heteroatoms. The molecule has 1 aromatic heterocycles. The summed E-state index contributed by atoms with van der Waals surface area (Å²) in [5.74, 6) is 0. The van der Waals surface area contributed by atoms with E-state index in [1.54, 1.807) is 0 Å². The Bertz CT molecular complexity index is 972. The molecule has 1 atom stereocenters. The number of anilines is 2. The van der Waals surface area contributed by atoms with Gasteiger partial charge in [-0.1, -0.05) is 18.2 Å². The van der Waals surface area contributed by atoms with E-state index in [2.05, 4.69) is 28.5 Å². The van der Waals surface area contributed by atoms with Crippen LogP contribution in [0.1, 0.15) is 18.5 Å². The first-order chi connectivity index (χ1) is 12.8. The molecule has 4 nitrogen and oxygen atoms in total. The number of pyridine rings is 1. The van der Waals surface area contributed by atoms with Gasteiger partial charge >= 0.3 is 0 Å². The van der Waals surface area contributed by atoms with Crippen molar-refractivity contribution >= 4 is 34.3 Å². The van der Waals surface area contributed by atoms with E-state index in [1.807, 2.05) is 58.4 Å². The van der Waals surface area contributed by atoms with E-state index in [1.165, 1.54) is 11.9 Å². The number of nitrogens with zero attached hydrogens (tertiary/aromatic N) is 2. The Labute approximate surface area is 159 Å². The lowest BCUT2D eigenvalue weighted by Crippen LogP contribution is -2.20. The lowest BCUT2D eigenvalue weighted by atomic mass is 10.1. The predicted molar refractivity (Wildman–Crippen MR) is 106 cm³/mol. The lowest BCUT2D eigenvalue weighted by Gasteiger charge is -2.19. The van der Waals surface area contributed by atoms with Crippen LogP contribution >= 0.6 is 11.9 Å². The number of hydrogen-bond donors (Lipinski definition) is 1. The van der Waals surface area contributed by atoms with Crippen molar-refractivity contribution in [1.29, 1.82) is 0 Å². The molecule has 3 aromatic rings. The molecule has 1 fully saturated rings. The van der Waals surface area contributed by atoms with E-state index in [-0.39, 0.29) is 5.54 Å². The standard InChI is InChI=1S/C20H17N3OS2/c24-26-18-6-2-1-5-17(18)25-23(26)16-10-8-15(9-11-16)22-20(12-13-20)19-7-3-4-14-21-19/h1-11,14,22H,12-13H2. The Morgan fingerprint density at radius 3 is 2.46 bits per heavy atom. The molecule has 2 aliphatic rings. The molecular formula is C20H17N3OS2. The van der Waals surface area contributed by atoms with Crippen molar-refractivity contribution in [3.8, 4) is 0 Å². The second-order valence-electron chi connectivity index (χ2n) is 6.51. The van der Waals surface area contributed by atoms with Crippen molar-refractivity contribution in [2.45, 2.75) is 28.2 Å². The second-order valence-corrected chi connectivity index (χ2v) is 9.04. The molecule has 1 N–H and O–H groups in total. The number of fused-ring (bicyclic) bond motifs is 1. The zero-order chi connectivity index (χ0) is 17.6. The predicted octanol–water partition coefficient (Wildman–Crippen LogP) is 4.73. The smallest absolute Gasteiger partial charge is 0.164 e. The molecule has 1 aliphatic heterocycles. The Morgan fingerprint density at radius 1 is 1.00 bits per heavy atom. The first-order valence-corrected chi connectivity index (χ1v) is 10.4. The molecule has 1 saturated carbocycles. The van der Waals surface area contributed by atoms with Crippen LogP contribution in [0.25, 0.3) is 0 Å². The van der Waals surface area contributed by atoms with Gasteiger partial charge in [0.1, 0.15) is 0 Å². The van der Waals surface area contributed by atoms with Crippen LogP contribution in [0.2, 0.25) is 0 Å². The van der Waals surface area contributed by atoms with Crippen LogP contribution in [0.4, 0.5) is 11.4 Å². The average Bonchev–Trinajstić information content (AvgIpc) is 3.40. The van der Waals surface area contributed by atoms with Gasteiger partial charge in [-0.05, 0) is 61.4 Å². The maximum atomic E-state index is 12.7. The summed E-state index contributed by atoms with van der Waals surface area (Å²) in [6.45, 7) is 0. The number of hydrogen-bond acceptors (Lipinski definition) is 4. The minimum atomic E-state index is -1.16. The van der Waals surface area contributed by atoms with Gasteiger partial charge in [-0.25, -0.2) is 7.92 Å². The number of benzene rings is 2. The van der Waals surface area contributed by atoms with Gasteiger partial charge < -0.3 is 5.32 Å². The Kier molecular flexibility index (Phi) is 3.76. The summed E-state index contributed by atoms with van der Waals surface area (Å²) in [4.78, 5) is 6.45. The first-order valence-electron chi connectivity index (χ1n) is 8.54. The third-order valence-corrected chi connectivity index (χ3v) is 7.67. The highest BCUT2D eigenvalue weighted by Crippen LogP contribution is 2.48. The molecule has 2 aromatic carbocycles. The van der Waals surface area contributed by atoms with E-state index >= 15 is 0 Å². The maximum absolute atomic E-state index is 12.7. The summed E-state index contributed by atoms with van der Waals surface area (Å²) in [5.41, 5.74) is 3.06. The molecule has 0 saturated heterocycles. The fourth-order valence-corrected chi connectivity index (χ4v) is 5.90. The highest BCUT2D eigenvalue weighted by atomic mass is 32.2. The van der Waals surface area contributed by atoms with Gasteiger partial charge in [0.05, 0.1) is 21.8 Å². The molecule has 0 radical (unpaired) electrons. The molecule has 0 bridgehead atoms. The van der Waals surface area contributed by atoms with Gasteiger partial charge in [0.2, 0.25) is 0 Å². The van der Waals surface area contributed by atoms with Crippen LogP contribution < -0.4 is 9.03 Å². The number of nitrogens with one attached hydrogen (secondary N) is 1. The molecule has 5 rings (SSSR count). The highest BCUT2D eigenvalue weighted by molar-refractivity contribution is 8.14. The monoisotopic (exact) mass is 379 g/mol. The summed E-state index contributed by atoms with van der Waals surface area (Å²) in [5, 5.41) is 3.63. The fourth-order valence-electron chi connectivity index (χ4n) is 3.19. The topological polar surface area (TPSA) is 45.2 Å². The summed E-state index contributed by atoms with van der Waals surface area (Å²) in [6.07, 6.45) is 4.03. The molecule has 2 heterocycles. The van der Waals surface area contributed by atoms with Gasteiger partial charge in [0, 0.05) is 28.7 Å². The molecule has 0 spiro atoms. The maximum Gasteiger partial charge on any atom is 0.164 e. The van der Waals surface area contributed by atoms with Gasteiger partial charge in [-0.15, -0.1) is 0 Å². The molecule has 1 unspecified atom stereocenters. The van der Waals surface area contributed by atoms with Crippen LogP contribution in [-0.2, 0) is 16.5 Å². The number of aromatic nitrogens is 1. The van der Waals surface area contributed by atoms with Gasteiger partial charge in [0.15, 0.2) is 11.0 Å². The quantitative estimate of drug-likeness (QED) is 0.666. The van der Waals surface area contributed by atoms with Gasteiger partial charge in [-0.3, -0.25) is 4.98 Å². The van der Waals surface area contributed by atoms with Crippen molar-refractivity contribution < 1.29 is 4.21 Å². The zero-order valence-electron chi connectivity index (χ0n) is 14.0. The van der Waals surface area contributed by atoms with E-state index in [0.717, 1.165) is 39.7 Å². The van der Waals surface area contributed by atoms with Crippen molar-refractivity contribution in [3.05, 3.63) is 78.6 Å². The summed E-state index contributed by atoms with van der Waals surface area (Å²) in [6, 6.07) is 22.1. The summed E-state index contributed by atoms with van der Waals surface area (Å²) < 4.78 is 14.6. The summed E-state index contributed by atoms with van der Waals surface area (Å²) in [7, 11) is -1.16. The van der Waals surface area contributed by atoms with Crippen molar-refractivity contribution in [3.63, 3.8) is 0 Å². The Morgan fingerprint density at radius 2 is 1.77 bits per heavy atom. The third-order valence-electron chi connectivity index (χ3n) is 4.74. The van der Waals surface area contributed by atoms with Gasteiger partial charge in [0.25, 0.3) is 0 Å². The van der Waals surface area contributed by atoms with Gasteiger partial charge in [-0.2, -0.15) is 0 Å². The van der Waals surface area contributed by atoms with E-state index in [4.69, 9.17) is 0 Å². The minimum Gasteiger partial charge on any atom is -0.374 e. The molecular weight excluding hydrogens is 362 g/mol. The Hall–Kier alpha value is -2.31.